The Morgan fingerprint density at radius 3 is 2.57 bits per heavy atom. The molecule has 5 heteroatoms. The molecule has 1 aliphatic rings. The number of rotatable bonds is 1. The fourth-order valence-corrected chi connectivity index (χ4v) is 1.24. The van der Waals surface area contributed by atoms with E-state index in [1.165, 1.54) is 4.90 Å². The van der Waals surface area contributed by atoms with Gasteiger partial charge in [0.25, 0.3) is 0 Å². The van der Waals surface area contributed by atoms with E-state index in [1.807, 2.05) is 0 Å². The van der Waals surface area contributed by atoms with Gasteiger partial charge in [0, 0.05) is 0 Å². The predicted molar refractivity (Wildman–Crippen MR) is 48.7 cm³/mol. The minimum atomic E-state index is -0.757. The third kappa shape index (κ3) is 2.35. The van der Waals surface area contributed by atoms with Gasteiger partial charge in [0.15, 0.2) is 0 Å². The summed E-state index contributed by atoms with van der Waals surface area (Å²) in [5, 5.41) is 9.14. The van der Waals surface area contributed by atoms with Crippen LogP contribution in [0.2, 0.25) is 0 Å². The highest BCUT2D eigenvalue weighted by Gasteiger charge is 2.42. The molecule has 0 unspecified atom stereocenters. The highest BCUT2D eigenvalue weighted by Crippen LogP contribution is 2.21. The first-order valence-electron chi connectivity index (χ1n) is 4.59. The molecule has 1 N–H and O–H groups in total. The van der Waals surface area contributed by atoms with E-state index in [-0.39, 0.29) is 6.54 Å². The average molecular weight is 205 g/mol. The molecule has 1 heterocycles. The molecule has 0 radical (unpaired) electrons. The minimum absolute atomic E-state index is 0.156. The van der Waals surface area contributed by atoms with E-state index in [0.29, 0.717) is 0 Å². The van der Waals surface area contributed by atoms with Crippen LogP contribution < -0.4 is 0 Å². The molecule has 0 saturated carbocycles. The molecule has 0 aromatic heterocycles. The Labute approximate surface area is 82.6 Å². The number of amides is 1. The molecule has 0 aromatic carbocycles. The van der Waals surface area contributed by atoms with Crippen molar-refractivity contribution in [1.82, 2.24) is 4.90 Å². The monoisotopic (exact) mass is 205 g/mol. The number of hydrogen-bond donors (Lipinski definition) is 1. The van der Waals surface area contributed by atoms with Crippen molar-refractivity contribution in [1.29, 1.82) is 0 Å². The molecule has 1 rings (SSSR count). The number of alkyl halides is 1. The molecule has 0 spiro atoms. The predicted octanol–water partition coefficient (Wildman–Crippen LogP) is 0.936. The summed E-state index contributed by atoms with van der Waals surface area (Å²) < 4.78 is 17.4. The maximum atomic E-state index is 12.3. The van der Waals surface area contributed by atoms with Gasteiger partial charge in [-0.15, -0.1) is 0 Å². The second-order valence-electron chi connectivity index (χ2n) is 4.42. The van der Waals surface area contributed by atoms with Crippen LogP contribution in [0.1, 0.15) is 20.8 Å². The van der Waals surface area contributed by atoms with Crippen molar-refractivity contribution < 1.29 is 19.0 Å². The summed E-state index contributed by atoms with van der Waals surface area (Å²) in [5.74, 6) is 0. The molecule has 14 heavy (non-hydrogen) atoms. The van der Waals surface area contributed by atoms with Crippen molar-refractivity contribution in [3.8, 4) is 0 Å². The van der Waals surface area contributed by atoms with Gasteiger partial charge in [0.05, 0.1) is 18.7 Å². The lowest BCUT2D eigenvalue weighted by Crippen LogP contribution is -2.63. The molecule has 2 atom stereocenters. The second-order valence-corrected chi connectivity index (χ2v) is 4.42. The molecule has 82 valence electrons. The Kier molecular flexibility index (Phi) is 2.99. The molecule has 4 nitrogen and oxygen atoms in total. The van der Waals surface area contributed by atoms with Gasteiger partial charge >= 0.3 is 6.09 Å². The summed E-state index contributed by atoms with van der Waals surface area (Å²) in [6.07, 6.45) is -1.32. The maximum Gasteiger partial charge on any atom is 0.410 e. The summed E-state index contributed by atoms with van der Waals surface area (Å²) in [7, 11) is 0. The first-order valence-corrected chi connectivity index (χ1v) is 4.59. The Morgan fingerprint density at radius 2 is 2.21 bits per heavy atom. The van der Waals surface area contributed by atoms with Crippen molar-refractivity contribution in [2.24, 2.45) is 0 Å². The van der Waals surface area contributed by atoms with Crippen LogP contribution in [0.3, 0.4) is 0 Å². The number of β-amino-alcohol motifs (C(OH)–C–C–N with tert-alkyl or cyclic N) is 1. The quantitative estimate of drug-likeness (QED) is 0.693. The molecule has 1 fully saturated rings. The molecule has 1 aliphatic heterocycles. The molecular weight excluding hydrogens is 189 g/mol. The Balaban J connectivity index is 2.47. The summed E-state index contributed by atoms with van der Waals surface area (Å²) >= 11 is 0. The topological polar surface area (TPSA) is 49.8 Å². The number of likely N-dealkylation sites (tertiary alicyclic amines) is 1. The number of carbonyl (C=O) groups is 1. The van der Waals surface area contributed by atoms with Crippen LogP contribution in [0.5, 0.6) is 0 Å². The number of nitrogens with zero attached hydrogens (tertiary/aromatic N) is 1. The summed E-state index contributed by atoms with van der Waals surface area (Å²) in [6, 6.07) is -0.732. The summed E-state index contributed by atoms with van der Waals surface area (Å²) in [6.45, 7) is 4.65. The third-order valence-corrected chi connectivity index (χ3v) is 2.01. The number of halogens is 1. The van der Waals surface area contributed by atoms with Gasteiger partial charge in [-0.1, -0.05) is 0 Å². The smallest absolute Gasteiger partial charge is 0.410 e. The number of hydrogen-bond acceptors (Lipinski definition) is 3. The second kappa shape index (κ2) is 3.73. The van der Waals surface area contributed by atoms with E-state index >= 15 is 0 Å². The largest absolute Gasteiger partial charge is 0.444 e. The lowest BCUT2D eigenvalue weighted by atomic mass is 10.0. The van der Waals surface area contributed by atoms with Crippen LogP contribution in [-0.2, 0) is 4.74 Å². The van der Waals surface area contributed by atoms with Crippen LogP contribution in [0, 0.1) is 0 Å². The SMILES string of the molecule is CC(C)(C)OC(=O)N1C[C@H](O)[C@H]1CF. The van der Waals surface area contributed by atoms with Gasteiger partial charge in [0.1, 0.15) is 12.3 Å². The van der Waals surface area contributed by atoms with Crippen molar-refractivity contribution in [3.63, 3.8) is 0 Å². The molecule has 1 saturated heterocycles. The lowest BCUT2D eigenvalue weighted by molar-refractivity contribution is -0.0768. The maximum absolute atomic E-state index is 12.3. The van der Waals surface area contributed by atoms with Crippen LogP contribution in [0.15, 0.2) is 0 Å². The zero-order valence-electron chi connectivity index (χ0n) is 8.66. The highest BCUT2D eigenvalue weighted by atomic mass is 19.1. The van der Waals surface area contributed by atoms with Crippen molar-refractivity contribution in [3.05, 3.63) is 0 Å². The van der Waals surface area contributed by atoms with E-state index in [0.717, 1.165) is 0 Å². The van der Waals surface area contributed by atoms with Gasteiger partial charge in [0.2, 0.25) is 0 Å². The first-order chi connectivity index (χ1) is 6.35. The molecule has 0 aliphatic carbocycles. The molecule has 1 amide bonds. The van der Waals surface area contributed by atoms with E-state index < -0.39 is 30.5 Å². The van der Waals surface area contributed by atoms with Gasteiger partial charge in [-0.3, -0.25) is 4.90 Å². The normalized spacial score (nSPS) is 27.1. The van der Waals surface area contributed by atoms with Gasteiger partial charge in [-0.05, 0) is 20.8 Å². The Bertz CT molecular complexity index is 227. The van der Waals surface area contributed by atoms with Crippen LogP contribution in [-0.4, -0.2) is 47.1 Å². The number of aliphatic hydroxyl groups excluding tert-OH is 1. The highest BCUT2D eigenvalue weighted by molar-refractivity contribution is 5.70. The minimum Gasteiger partial charge on any atom is -0.444 e. The van der Waals surface area contributed by atoms with Crippen molar-refractivity contribution >= 4 is 6.09 Å². The van der Waals surface area contributed by atoms with E-state index in [2.05, 4.69) is 0 Å². The zero-order valence-corrected chi connectivity index (χ0v) is 8.66. The number of aliphatic hydroxyl groups is 1. The Hall–Kier alpha value is -0.840. The molecule has 0 aromatic rings. The van der Waals surface area contributed by atoms with Crippen LogP contribution >= 0.6 is 0 Å². The third-order valence-electron chi connectivity index (χ3n) is 2.01. The fourth-order valence-electron chi connectivity index (χ4n) is 1.24. The Morgan fingerprint density at radius 1 is 1.64 bits per heavy atom. The van der Waals surface area contributed by atoms with E-state index in [4.69, 9.17) is 9.84 Å². The first kappa shape index (κ1) is 11.2. The standard InChI is InChI=1S/C9H16FNO3/c1-9(2,3)14-8(13)11-5-7(12)6(11)4-10/h6-7,12H,4-5H2,1-3H3/t6-,7+/m1/s1. The van der Waals surface area contributed by atoms with Gasteiger partial charge in [-0.2, -0.15) is 0 Å². The zero-order chi connectivity index (χ0) is 10.9. The van der Waals surface area contributed by atoms with Gasteiger partial charge in [-0.25, -0.2) is 9.18 Å². The molecule has 0 bridgehead atoms. The van der Waals surface area contributed by atoms with E-state index in [1.54, 1.807) is 20.8 Å². The van der Waals surface area contributed by atoms with Crippen molar-refractivity contribution in [2.45, 2.75) is 38.5 Å². The van der Waals surface area contributed by atoms with Crippen LogP contribution in [0.4, 0.5) is 9.18 Å². The van der Waals surface area contributed by atoms with Gasteiger partial charge < -0.3 is 9.84 Å². The summed E-state index contributed by atoms with van der Waals surface area (Å²) in [5.41, 5.74) is -0.585. The lowest BCUT2D eigenvalue weighted by Gasteiger charge is -2.43. The van der Waals surface area contributed by atoms with E-state index in [9.17, 15) is 9.18 Å². The summed E-state index contributed by atoms with van der Waals surface area (Å²) in [4.78, 5) is 12.6. The molecular formula is C9H16FNO3. The fraction of sp³-hybridized carbons (Fsp3) is 0.889. The van der Waals surface area contributed by atoms with Crippen LogP contribution in [0.25, 0.3) is 0 Å². The van der Waals surface area contributed by atoms with Crippen molar-refractivity contribution in [2.75, 3.05) is 13.2 Å². The average Bonchev–Trinajstić information content (AvgIpc) is 1.97. The number of ether oxygens (including phenoxy) is 1. The number of carbonyl (C=O) groups excluding carboxylic acids is 1.